The van der Waals surface area contributed by atoms with Gasteiger partial charge in [-0.3, -0.25) is 0 Å². The summed E-state index contributed by atoms with van der Waals surface area (Å²) < 4.78 is 61.7. The van der Waals surface area contributed by atoms with Gasteiger partial charge in [0.2, 0.25) is 0 Å². The summed E-state index contributed by atoms with van der Waals surface area (Å²) in [6.45, 7) is 0. The van der Waals surface area contributed by atoms with Crippen LogP contribution in [0.3, 0.4) is 0 Å². The summed E-state index contributed by atoms with van der Waals surface area (Å²) in [5, 5.41) is 0. The molecule has 124 valence electrons. The SMILES string of the molecule is O=S(=O)([O-])c1ccccc1.O=S(=O)([O-])c1ccccc1.[CH3][Sn+2][CH3]. The van der Waals surface area contributed by atoms with Gasteiger partial charge in [-0.05, 0) is 24.3 Å². The molecule has 0 saturated carbocycles. The topological polar surface area (TPSA) is 114 Å². The monoisotopic (exact) mass is 464 g/mol. The molecule has 0 atom stereocenters. The van der Waals surface area contributed by atoms with Gasteiger partial charge < -0.3 is 9.11 Å². The van der Waals surface area contributed by atoms with Gasteiger partial charge in [-0.2, -0.15) is 0 Å². The Morgan fingerprint density at radius 1 is 0.652 bits per heavy atom. The van der Waals surface area contributed by atoms with Crippen molar-refractivity contribution in [1.29, 1.82) is 0 Å². The van der Waals surface area contributed by atoms with Crippen LogP contribution in [0.1, 0.15) is 0 Å². The van der Waals surface area contributed by atoms with E-state index < -0.39 is 20.2 Å². The van der Waals surface area contributed by atoms with E-state index >= 15 is 0 Å². The first-order chi connectivity index (χ1) is 10.6. The average Bonchev–Trinajstić information content (AvgIpc) is 2.49. The van der Waals surface area contributed by atoms with Gasteiger partial charge in [-0.15, -0.1) is 0 Å². The second-order valence-corrected chi connectivity index (χ2v) is 9.65. The number of rotatable bonds is 2. The Hall–Kier alpha value is -0.941. The van der Waals surface area contributed by atoms with Gasteiger partial charge in [-0.1, -0.05) is 36.4 Å². The summed E-state index contributed by atoms with van der Waals surface area (Å²) in [6.07, 6.45) is 0. The summed E-state index contributed by atoms with van der Waals surface area (Å²) in [5.41, 5.74) is 0. The first-order valence-corrected chi connectivity index (χ1v) is 14.8. The van der Waals surface area contributed by atoms with Crippen LogP contribution < -0.4 is 0 Å². The molecule has 0 radical (unpaired) electrons. The van der Waals surface area contributed by atoms with Crippen LogP contribution in [0.2, 0.25) is 9.88 Å². The molecule has 0 aliphatic heterocycles. The van der Waals surface area contributed by atoms with Crippen LogP contribution in [-0.2, 0) is 20.2 Å². The average molecular weight is 463 g/mol. The molecule has 0 spiro atoms. The van der Waals surface area contributed by atoms with Gasteiger partial charge in [0.05, 0.1) is 9.79 Å². The molecule has 0 fully saturated rings. The Labute approximate surface area is 147 Å². The fraction of sp³-hybridized carbons (Fsp3) is 0.143. The summed E-state index contributed by atoms with van der Waals surface area (Å²) in [7, 11) is -8.51. The minimum absolute atomic E-state index is 0.185. The van der Waals surface area contributed by atoms with E-state index in [-0.39, 0.29) is 30.9 Å². The van der Waals surface area contributed by atoms with Gasteiger partial charge >= 0.3 is 31.0 Å². The predicted molar refractivity (Wildman–Crippen MR) is 86.3 cm³/mol. The van der Waals surface area contributed by atoms with E-state index in [0.717, 1.165) is 0 Å². The van der Waals surface area contributed by atoms with Crippen molar-refractivity contribution in [1.82, 2.24) is 0 Å². The van der Waals surface area contributed by atoms with Crippen molar-refractivity contribution in [2.45, 2.75) is 19.7 Å². The third kappa shape index (κ3) is 10.4. The van der Waals surface area contributed by atoms with Crippen molar-refractivity contribution in [2.24, 2.45) is 0 Å². The molecule has 2 rings (SSSR count). The third-order valence-electron chi connectivity index (χ3n) is 2.06. The molecule has 0 aromatic heterocycles. The van der Waals surface area contributed by atoms with Crippen LogP contribution in [0.25, 0.3) is 0 Å². The zero-order valence-corrected chi connectivity index (χ0v) is 17.0. The maximum absolute atomic E-state index is 10.3. The Morgan fingerprint density at radius 2 is 0.870 bits per heavy atom. The second kappa shape index (κ2) is 10.8. The molecule has 0 N–H and O–H groups in total. The molecular weight excluding hydrogens is 447 g/mol. The molecule has 0 unspecified atom stereocenters. The van der Waals surface area contributed by atoms with Crippen molar-refractivity contribution >= 4 is 41.4 Å². The van der Waals surface area contributed by atoms with Gasteiger partial charge in [0, 0.05) is 0 Å². The normalized spacial score (nSPS) is 10.3. The Bertz CT molecular complexity index is 692. The van der Waals surface area contributed by atoms with Gasteiger partial charge in [0.1, 0.15) is 20.2 Å². The fourth-order valence-corrected chi connectivity index (χ4v) is 2.16. The van der Waals surface area contributed by atoms with E-state index in [0.29, 0.717) is 0 Å². The first kappa shape index (κ1) is 22.1. The summed E-state index contributed by atoms with van der Waals surface area (Å²) in [5.74, 6) is 0. The van der Waals surface area contributed by atoms with Crippen LogP contribution in [0.4, 0.5) is 0 Å². The standard InChI is InChI=1S/2C6H6O3S.2CH3.Sn/c2*7-10(8,9)6-4-2-1-3-5-6;;;/h2*1-5H,(H,7,8,9);2*1H3;/q;;;;+2/p-2. The molecule has 0 saturated heterocycles. The molecule has 2 aromatic rings. The zero-order valence-electron chi connectivity index (χ0n) is 12.5. The van der Waals surface area contributed by atoms with Crippen LogP contribution >= 0.6 is 0 Å². The van der Waals surface area contributed by atoms with Gasteiger partial charge in [0.25, 0.3) is 0 Å². The molecule has 9 heteroatoms. The molecular formula is C14H16O6S2Sn. The van der Waals surface area contributed by atoms with E-state index in [1.807, 2.05) is 0 Å². The summed E-state index contributed by atoms with van der Waals surface area (Å²) in [6, 6.07) is 14.4. The fourth-order valence-electron chi connectivity index (χ4n) is 1.17. The maximum atomic E-state index is 10.3. The summed E-state index contributed by atoms with van der Waals surface area (Å²) >= 11 is 0.230. The third-order valence-corrected chi connectivity index (χ3v) is 3.76. The van der Waals surface area contributed by atoms with E-state index in [9.17, 15) is 25.9 Å². The Balaban J connectivity index is 0.000000360. The van der Waals surface area contributed by atoms with Crippen LogP contribution in [0, 0.1) is 0 Å². The number of hydrogen-bond donors (Lipinski definition) is 0. The molecule has 23 heavy (non-hydrogen) atoms. The zero-order chi connectivity index (χ0) is 17.9. The quantitative estimate of drug-likeness (QED) is 0.497. The molecule has 0 bridgehead atoms. The van der Waals surface area contributed by atoms with Crippen LogP contribution in [0.15, 0.2) is 70.5 Å². The molecule has 6 nitrogen and oxygen atoms in total. The van der Waals surface area contributed by atoms with Crippen molar-refractivity contribution in [3.05, 3.63) is 60.7 Å². The van der Waals surface area contributed by atoms with Crippen LogP contribution in [0.5, 0.6) is 0 Å². The van der Waals surface area contributed by atoms with Crippen molar-refractivity contribution in [2.75, 3.05) is 0 Å². The van der Waals surface area contributed by atoms with Crippen molar-refractivity contribution in [3.63, 3.8) is 0 Å². The Kier molecular flexibility index (Phi) is 10.3. The van der Waals surface area contributed by atoms with Crippen molar-refractivity contribution in [3.8, 4) is 0 Å². The van der Waals surface area contributed by atoms with Crippen molar-refractivity contribution < 1.29 is 25.9 Å². The minimum atomic E-state index is -4.25. The number of benzene rings is 2. The molecule has 0 amide bonds. The number of hydrogen-bond acceptors (Lipinski definition) is 6. The molecule has 2 aromatic carbocycles. The summed E-state index contributed by atoms with van der Waals surface area (Å²) in [4.78, 5) is 4.22. The van der Waals surface area contributed by atoms with E-state index in [1.165, 1.54) is 48.5 Å². The van der Waals surface area contributed by atoms with E-state index in [1.54, 1.807) is 12.1 Å². The molecule has 0 aliphatic carbocycles. The molecule has 0 aliphatic rings. The van der Waals surface area contributed by atoms with Gasteiger partial charge in [0.15, 0.2) is 0 Å². The molecule has 0 heterocycles. The van der Waals surface area contributed by atoms with Gasteiger partial charge in [-0.25, -0.2) is 16.8 Å². The van der Waals surface area contributed by atoms with E-state index in [4.69, 9.17) is 0 Å². The predicted octanol–water partition coefficient (Wildman–Crippen LogP) is 1.97. The van der Waals surface area contributed by atoms with E-state index in [2.05, 4.69) is 9.88 Å². The Morgan fingerprint density at radius 3 is 1.00 bits per heavy atom. The second-order valence-electron chi connectivity index (χ2n) is 4.03. The first-order valence-electron chi connectivity index (χ1n) is 6.23. The van der Waals surface area contributed by atoms with Crippen LogP contribution in [-0.4, -0.2) is 47.1 Å².